The van der Waals surface area contributed by atoms with Crippen molar-refractivity contribution in [3.05, 3.63) is 11.4 Å². The summed E-state index contributed by atoms with van der Waals surface area (Å²) in [7, 11) is 0. The summed E-state index contributed by atoms with van der Waals surface area (Å²) in [5.41, 5.74) is 1.89. The molecule has 0 amide bonds. The van der Waals surface area contributed by atoms with Crippen molar-refractivity contribution in [1.82, 2.24) is 15.0 Å². The van der Waals surface area contributed by atoms with E-state index in [0.29, 0.717) is 6.04 Å². The second-order valence-corrected chi connectivity index (χ2v) is 4.77. The van der Waals surface area contributed by atoms with Gasteiger partial charge in [0.25, 0.3) is 0 Å². The SMILES string of the molecule is CCCc1c(CO)nnn1C(C)C1CCC1. The standard InChI is InChI=1S/C12H21N3O/c1-3-5-12-11(8-16)13-14-15(12)9(2)10-6-4-7-10/h9-10,16H,3-8H2,1-2H3. The van der Waals surface area contributed by atoms with Gasteiger partial charge in [-0.15, -0.1) is 5.10 Å². The van der Waals surface area contributed by atoms with Crippen LogP contribution in [-0.4, -0.2) is 20.1 Å². The molecule has 1 saturated carbocycles. The maximum atomic E-state index is 9.23. The molecule has 0 spiro atoms. The predicted octanol–water partition coefficient (Wildman–Crippen LogP) is 2.08. The van der Waals surface area contributed by atoms with E-state index in [1.807, 2.05) is 4.68 Å². The highest BCUT2D eigenvalue weighted by molar-refractivity contribution is 5.10. The van der Waals surface area contributed by atoms with Crippen LogP contribution in [0.25, 0.3) is 0 Å². The van der Waals surface area contributed by atoms with Crippen LogP contribution in [-0.2, 0) is 13.0 Å². The Morgan fingerprint density at radius 3 is 2.75 bits per heavy atom. The Kier molecular flexibility index (Phi) is 3.59. The van der Waals surface area contributed by atoms with E-state index < -0.39 is 0 Å². The Labute approximate surface area is 96.7 Å². The molecule has 1 heterocycles. The van der Waals surface area contributed by atoms with Gasteiger partial charge < -0.3 is 5.11 Å². The van der Waals surface area contributed by atoms with Gasteiger partial charge in [-0.05, 0) is 32.1 Å². The van der Waals surface area contributed by atoms with E-state index in [9.17, 15) is 5.11 Å². The maximum absolute atomic E-state index is 9.23. The molecule has 0 aromatic carbocycles. The van der Waals surface area contributed by atoms with Crippen LogP contribution < -0.4 is 0 Å². The molecule has 1 atom stereocenters. The topological polar surface area (TPSA) is 50.9 Å². The van der Waals surface area contributed by atoms with E-state index in [1.54, 1.807) is 0 Å². The molecule has 0 aliphatic heterocycles. The fourth-order valence-electron chi connectivity index (χ4n) is 2.41. The average Bonchev–Trinajstić information content (AvgIpc) is 2.59. The lowest BCUT2D eigenvalue weighted by Gasteiger charge is -2.32. The van der Waals surface area contributed by atoms with E-state index in [1.165, 1.54) is 19.3 Å². The Morgan fingerprint density at radius 2 is 2.25 bits per heavy atom. The number of aliphatic hydroxyl groups excluding tert-OH is 1. The van der Waals surface area contributed by atoms with Crippen LogP contribution in [0.3, 0.4) is 0 Å². The highest BCUT2D eigenvalue weighted by Crippen LogP contribution is 2.36. The largest absolute Gasteiger partial charge is 0.390 e. The van der Waals surface area contributed by atoms with Gasteiger partial charge >= 0.3 is 0 Å². The summed E-state index contributed by atoms with van der Waals surface area (Å²) in [6.07, 6.45) is 5.99. The Bertz CT molecular complexity index is 344. The summed E-state index contributed by atoms with van der Waals surface area (Å²) in [5.74, 6) is 0.754. The number of nitrogens with zero attached hydrogens (tertiary/aromatic N) is 3. The molecule has 1 unspecified atom stereocenters. The molecule has 4 heteroatoms. The lowest BCUT2D eigenvalue weighted by molar-refractivity contribution is 0.204. The Morgan fingerprint density at radius 1 is 1.50 bits per heavy atom. The van der Waals surface area contributed by atoms with Gasteiger partial charge in [0.1, 0.15) is 5.69 Å². The van der Waals surface area contributed by atoms with Gasteiger partial charge in [-0.1, -0.05) is 25.0 Å². The molecular formula is C12H21N3O. The highest BCUT2D eigenvalue weighted by Gasteiger charge is 2.27. The monoisotopic (exact) mass is 223 g/mol. The van der Waals surface area contributed by atoms with Crippen molar-refractivity contribution in [3.8, 4) is 0 Å². The van der Waals surface area contributed by atoms with Crippen LogP contribution in [0.4, 0.5) is 0 Å². The van der Waals surface area contributed by atoms with Crippen LogP contribution in [0.5, 0.6) is 0 Å². The fourth-order valence-corrected chi connectivity index (χ4v) is 2.41. The third-order valence-electron chi connectivity index (χ3n) is 3.73. The van der Waals surface area contributed by atoms with Gasteiger partial charge in [-0.3, -0.25) is 0 Å². The lowest BCUT2D eigenvalue weighted by atomic mass is 9.80. The number of hydrogen-bond donors (Lipinski definition) is 1. The van der Waals surface area contributed by atoms with Gasteiger partial charge in [0, 0.05) is 0 Å². The minimum Gasteiger partial charge on any atom is -0.390 e. The second kappa shape index (κ2) is 4.95. The zero-order valence-corrected chi connectivity index (χ0v) is 10.2. The molecule has 1 aromatic heterocycles. The van der Waals surface area contributed by atoms with Crippen LogP contribution >= 0.6 is 0 Å². The summed E-state index contributed by atoms with van der Waals surface area (Å²) >= 11 is 0. The first-order chi connectivity index (χ1) is 7.77. The molecule has 0 bridgehead atoms. The number of hydrogen-bond acceptors (Lipinski definition) is 3. The van der Waals surface area contributed by atoms with Crippen molar-refractivity contribution < 1.29 is 5.11 Å². The van der Waals surface area contributed by atoms with Gasteiger partial charge in [-0.2, -0.15) is 0 Å². The summed E-state index contributed by atoms with van der Waals surface area (Å²) in [6.45, 7) is 4.37. The van der Waals surface area contributed by atoms with Crippen molar-refractivity contribution >= 4 is 0 Å². The molecule has 0 saturated heterocycles. The summed E-state index contributed by atoms with van der Waals surface area (Å²) < 4.78 is 2.04. The number of aliphatic hydroxyl groups is 1. The highest BCUT2D eigenvalue weighted by atomic mass is 16.3. The van der Waals surface area contributed by atoms with E-state index >= 15 is 0 Å². The van der Waals surface area contributed by atoms with Crippen molar-refractivity contribution in [3.63, 3.8) is 0 Å². The van der Waals surface area contributed by atoms with E-state index in [-0.39, 0.29) is 6.61 Å². The maximum Gasteiger partial charge on any atom is 0.111 e. The predicted molar refractivity (Wildman–Crippen MR) is 62.0 cm³/mol. The van der Waals surface area contributed by atoms with E-state index in [0.717, 1.165) is 30.1 Å². The number of rotatable bonds is 5. The minimum absolute atomic E-state index is 0.00667. The van der Waals surface area contributed by atoms with Crippen LogP contribution in [0, 0.1) is 5.92 Å². The van der Waals surface area contributed by atoms with Gasteiger partial charge in [-0.25, -0.2) is 4.68 Å². The summed E-state index contributed by atoms with van der Waals surface area (Å²) in [4.78, 5) is 0. The third-order valence-corrected chi connectivity index (χ3v) is 3.73. The Balaban J connectivity index is 2.20. The first-order valence-corrected chi connectivity index (χ1v) is 6.31. The van der Waals surface area contributed by atoms with E-state index in [2.05, 4.69) is 24.2 Å². The zero-order valence-electron chi connectivity index (χ0n) is 10.2. The van der Waals surface area contributed by atoms with Gasteiger partial charge in [0.15, 0.2) is 0 Å². The van der Waals surface area contributed by atoms with Crippen molar-refractivity contribution in [2.75, 3.05) is 0 Å². The van der Waals surface area contributed by atoms with Crippen molar-refractivity contribution in [2.45, 2.75) is 58.6 Å². The van der Waals surface area contributed by atoms with Crippen LogP contribution in [0.1, 0.15) is 57.0 Å². The smallest absolute Gasteiger partial charge is 0.111 e. The van der Waals surface area contributed by atoms with Crippen LogP contribution in [0.2, 0.25) is 0 Å². The van der Waals surface area contributed by atoms with Gasteiger partial charge in [0.05, 0.1) is 18.3 Å². The van der Waals surface area contributed by atoms with Crippen molar-refractivity contribution in [1.29, 1.82) is 0 Å². The molecule has 90 valence electrons. The molecular weight excluding hydrogens is 202 g/mol. The quantitative estimate of drug-likeness (QED) is 0.831. The van der Waals surface area contributed by atoms with Crippen LogP contribution in [0.15, 0.2) is 0 Å². The fraction of sp³-hybridized carbons (Fsp3) is 0.833. The summed E-state index contributed by atoms with van der Waals surface area (Å²) in [6, 6.07) is 0.433. The molecule has 1 aliphatic carbocycles. The molecule has 1 aromatic rings. The molecule has 1 fully saturated rings. The molecule has 0 radical (unpaired) electrons. The molecule has 1 aliphatic rings. The average molecular weight is 223 g/mol. The molecule has 16 heavy (non-hydrogen) atoms. The van der Waals surface area contributed by atoms with E-state index in [4.69, 9.17) is 0 Å². The molecule has 1 N–H and O–H groups in total. The first-order valence-electron chi connectivity index (χ1n) is 6.31. The molecule has 4 nitrogen and oxygen atoms in total. The molecule has 2 rings (SSSR count). The first kappa shape index (κ1) is 11.6. The third kappa shape index (κ3) is 1.98. The Hall–Kier alpha value is -0.900. The van der Waals surface area contributed by atoms with Crippen molar-refractivity contribution in [2.24, 2.45) is 5.92 Å². The van der Waals surface area contributed by atoms with Gasteiger partial charge in [0.2, 0.25) is 0 Å². The minimum atomic E-state index is 0.00667. The summed E-state index contributed by atoms with van der Waals surface area (Å²) in [5, 5.41) is 17.5. The normalized spacial score (nSPS) is 18.4. The second-order valence-electron chi connectivity index (χ2n) is 4.77. The number of aromatic nitrogens is 3. The lowest BCUT2D eigenvalue weighted by Crippen LogP contribution is -2.25. The zero-order chi connectivity index (χ0) is 11.5.